The largest absolute Gasteiger partial charge is 0.493 e. The number of nitrogens with zero attached hydrogens (tertiary/aromatic N) is 1. The fourth-order valence-corrected chi connectivity index (χ4v) is 5.29. The smallest absolute Gasteiger partial charge is 0.305 e. The number of esters is 1. The standard InChI is InChI=1S/C20H27NO4/c1-4-24-17(22)8-6-14-15-11-13-5-7-16(23-3)19-18(13)20(14,12-25-19)9-10-21(15)2/h5,7,14-15H,4,6,8-12H2,1-3H3/t14-,15?,20+/m0/s1. The monoisotopic (exact) mass is 345 g/mol. The second-order valence-corrected chi connectivity index (χ2v) is 7.53. The Morgan fingerprint density at radius 3 is 3.04 bits per heavy atom. The summed E-state index contributed by atoms with van der Waals surface area (Å²) in [4.78, 5) is 14.4. The van der Waals surface area contributed by atoms with Crippen LogP contribution >= 0.6 is 0 Å². The molecule has 1 aromatic carbocycles. The van der Waals surface area contributed by atoms with Crippen molar-refractivity contribution < 1.29 is 19.0 Å². The van der Waals surface area contributed by atoms with Crippen LogP contribution in [0.2, 0.25) is 0 Å². The van der Waals surface area contributed by atoms with Crippen molar-refractivity contribution in [3.63, 3.8) is 0 Å². The van der Waals surface area contributed by atoms with Gasteiger partial charge in [0.1, 0.15) is 0 Å². The Bertz CT molecular complexity index is 689. The number of hydrogen-bond donors (Lipinski definition) is 0. The van der Waals surface area contributed by atoms with E-state index in [0.29, 0.717) is 31.6 Å². The third-order valence-electron chi connectivity index (χ3n) is 6.44. The average molecular weight is 345 g/mol. The molecule has 3 atom stereocenters. The van der Waals surface area contributed by atoms with Crippen molar-refractivity contribution in [1.82, 2.24) is 4.90 Å². The van der Waals surface area contributed by atoms with Gasteiger partial charge in [-0.2, -0.15) is 0 Å². The Balaban J connectivity index is 1.72. The number of rotatable bonds is 5. The number of piperidine rings is 1. The summed E-state index contributed by atoms with van der Waals surface area (Å²) < 4.78 is 16.9. The van der Waals surface area contributed by atoms with Crippen molar-refractivity contribution in [1.29, 1.82) is 0 Å². The molecule has 2 aliphatic heterocycles. The first-order chi connectivity index (χ1) is 12.1. The predicted octanol–water partition coefficient (Wildman–Crippen LogP) is 2.55. The summed E-state index contributed by atoms with van der Waals surface area (Å²) in [6.07, 6.45) is 3.43. The number of hydrogen-bond acceptors (Lipinski definition) is 5. The van der Waals surface area contributed by atoms with Gasteiger partial charge in [0.05, 0.1) is 20.3 Å². The van der Waals surface area contributed by atoms with Gasteiger partial charge >= 0.3 is 5.97 Å². The van der Waals surface area contributed by atoms with E-state index in [1.807, 2.05) is 13.0 Å². The molecule has 1 unspecified atom stereocenters. The zero-order chi connectivity index (χ0) is 17.6. The fraction of sp³-hybridized carbons (Fsp3) is 0.650. The maximum absolute atomic E-state index is 12.0. The van der Waals surface area contributed by atoms with E-state index in [1.165, 1.54) is 11.1 Å². The molecule has 2 heterocycles. The van der Waals surface area contributed by atoms with Crippen molar-refractivity contribution in [2.45, 2.75) is 44.1 Å². The Labute approximate surface area is 149 Å². The molecule has 1 spiro atoms. The molecule has 1 fully saturated rings. The van der Waals surface area contributed by atoms with Gasteiger partial charge in [0.2, 0.25) is 0 Å². The van der Waals surface area contributed by atoms with Crippen LogP contribution in [0, 0.1) is 5.92 Å². The van der Waals surface area contributed by atoms with Crippen molar-refractivity contribution >= 4 is 5.97 Å². The molecule has 1 saturated heterocycles. The second kappa shape index (κ2) is 6.20. The number of likely N-dealkylation sites (tertiary alicyclic amines) is 1. The van der Waals surface area contributed by atoms with Gasteiger partial charge in [-0.25, -0.2) is 0 Å². The minimum Gasteiger partial charge on any atom is -0.493 e. The molecule has 4 rings (SSSR count). The highest BCUT2D eigenvalue weighted by atomic mass is 16.5. The summed E-state index contributed by atoms with van der Waals surface area (Å²) in [6.45, 7) is 4.08. The maximum atomic E-state index is 12.0. The highest BCUT2D eigenvalue weighted by Gasteiger charge is 2.57. The van der Waals surface area contributed by atoms with E-state index in [0.717, 1.165) is 37.3 Å². The third-order valence-corrected chi connectivity index (χ3v) is 6.44. The van der Waals surface area contributed by atoms with Gasteiger partial charge in [-0.3, -0.25) is 4.79 Å². The topological polar surface area (TPSA) is 48.0 Å². The lowest BCUT2D eigenvalue weighted by Crippen LogP contribution is -2.59. The average Bonchev–Trinajstić information content (AvgIpc) is 2.99. The summed E-state index contributed by atoms with van der Waals surface area (Å²) in [5.41, 5.74) is 2.75. The molecule has 2 bridgehead atoms. The van der Waals surface area contributed by atoms with Crippen molar-refractivity contribution in [3.8, 4) is 11.5 Å². The van der Waals surface area contributed by atoms with Gasteiger partial charge in [0, 0.05) is 23.4 Å². The highest BCUT2D eigenvalue weighted by molar-refractivity contribution is 5.69. The lowest BCUT2D eigenvalue weighted by atomic mass is 9.57. The highest BCUT2D eigenvalue weighted by Crippen LogP contribution is 2.58. The fourth-order valence-electron chi connectivity index (χ4n) is 5.29. The van der Waals surface area contributed by atoms with Crippen LogP contribution in [0.15, 0.2) is 12.1 Å². The van der Waals surface area contributed by atoms with Crippen LogP contribution in [0.5, 0.6) is 11.5 Å². The van der Waals surface area contributed by atoms with Crippen LogP contribution in [0.1, 0.15) is 37.3 Å². The maximum Gasteiger partial charge on any atom is 0.305 e. The minimum absolute atomic E-state index is 0.0150. The molecule has 5 nitrogen and oxygen atoms in total. The zero-order valence-electron chi connectivity index (χ0n) is 15.3. The third kappa shape index (κ3) is 2.43. The van der Waals surface area contributed by atoms with Crippen LogP contribution in [0.3, 0.4) is 0 Å². The number of methoxy groups -OCH3 is 1. The molecule has 1 aromatic rings. The molecule has 0 radical (unpaired) electrons. The van der Waals surface area contributed by atoms with Gasteiger partial charge in [-0.05, 0) is 57.3 Å². The van der Waals surface area contributed by atoms with Crippen LogP contribution in [-0.2, 0) is 21.4 Å². The van der Waals surface area contributed by atoms with E-state index >= 15 is 0 Å². The molecule has 1 aliphatic carbocycles. The van der Waals surface area contributed by atoms with E-state index in [2.05, 4.69) is 18.0 Å². The first kappa shape index (κ1) is 16.7. The van der Waals surface area contributed by atoms with E-state index in [1.54, 1.807) is 7.11 Å². The molecule has 25 heavy (non-hydrogen) atoms. The Morgan fingerprint density at radius 2 is 2.28 bits per heavy atom. The quantitative estimate of drug-likeness (QED) is 0.768. The van der Waals surface area contributed by atoms with Gasteiger partial charge in [0.25, 0.3) is 0 Å². The Morgan fingerprint density at radius 1 is 1.44 bits per heavy atom. The molecule has 3 aliphatic rings. The van der Waals surface area contributed by atoms with Crippen LogP contribution < -0.4 is 9.47 Å². The van der Waals surface area contributed by atoms with Crippen molar-refractivity contribution in [2.24, 2.45) is 5.92 Å². The number of carbonyl (C=O) groups excluding carboxylic acids is 1. The van der Waals surface area contributed by atoms with Crippen molar-refractivity contribution in [3.05, 3.63) is 23.3 Å². The summed E-state index contributed by atoms with van der Waals surface area (Å²) in [5, 5.41) is 0. The molecular weight excluding hydrogens is 318 g/mol. The summed E-state index contributed by atoms with van der Waals surface area (Å²) in [6, 6.07) is 4.69. The Hall–Kier alpha value is -1.75. The Kier molecular flexibility index (Phi) is 4.14. The molecule has 0 amide bonds. The van der Waals surface area contributed by atoms with E-state index in [4.69, 9.17) is 14.2 Å². The normalized spacial score (nSPS) is 29.7. The van der Waals surface area contributed by atoms with Gasteiger partial charge in [-0.1, -0.05) is 6.07 Å². The molecule has 5 heteroatoms. The van der Waals surface area contributed by atoms with Crippen LogP contribution in [0.25, 0.3) is 0 Å². The molecule has 136 valence electrons. The zero-order valence-corrected chi connectivity index (χ0v) is 15.3. The number of fused-ring (bicyclic) bond motifs is 1. The number of benzene rings is 1. The van der Waals surface area contributed by atoms with Crippen molar-refractivity contribution in [2.75, 3.05) is 33.9 Å². The minimum atomic E-state index is -0.0878. The summed E-state index contributed by atoms with van der Waals surface area (Å²) in [5.74, 6) is 2.09. The summed E-state index contributed by atoms with van der Waals surface area (Å²) >= 11 is 0. The lowest BCUT2D eigenvalue weighted by Gasteiger charge is -2.53. The summed E-state index contributed by atoms with van der Waals surface area (Å²) in [7, 11) is 3.91. The van der Waals surface area contributed by atoms with E-state index in [-0.39, 0.29) is 11.4 Å². The SMILES string of the molecule is CCOC(=O)CC[C@H]1C2Cc3ccc(OC)c4c3[C@]1(CCN2C)CO4. The first-order valence-corrected chi connectivity index (χ1v) is 9.29. The predicted molar refractivity (Wildman–Crippen MR) is 94.3 cm³/mol. The number of likely N-dealkylation sites (N-methyl/N-ethyl adjacent to an activating group) is 1. The first-order valence-electron chi connectivity index (χ1n) is 9.29. The second-order valence-electron chi connectivity index (χ2n) is 7.53. The van der Waals surface area contributed by atoms with E-state index < -0.39 is 0 Å². The van der Waals surface area contributed by atoms with E-state index in [9.17, 15) is 4.79 Å². The molecule has 0 N–H and O–H groups in total. The number of ether oxygens (including phenoxy) is 3. The number of carbonyl (C=O) groups is 1. The molecule has 0 saturated carbocycles. The van der Waals surface area contributed by atoms with Gasteiger partial charge < -0.3 is 19.1 Å². The molecular formula is C20H27NO4. The lowest BCUT2D eigenvalue weighted by molar-refractivity contribution is -0.144. The van der Waals surface area contributed by atoms with Crippen LogP contribution in [0.4, 0.5) is 0 Å². The van der Waals surface area contributed by atoms with Gasteiger partial charge in [0.15, 0.2) is 11.5 Å². The molecule has 0 aromatic heterocycles. The van der Waals surface area contributed by atoms with Crippen LogP contribution in [-0.4, -0.2) is 50.8 Å². The van der Waals surface area contributed by atoms with Gasteiger partial charge in [-0.15, -0.1) is 0 Å².